The van der Waals surface area contributed by atoms with E-state index in [-0.39, 0.29) is 0 Å². The zero-order chi connectivity index (χ0) is 13.9. The third-order valence-electron chi connectivity index (χ3n) is 2.75. The molecule has 0 aliphatic carbocycles. The fourth-order valence-corrected chi connectivity index (χ4v) is 1.78. The molecule has 0 aliphatic heterocycles. The molecule has 0 saturated carbocycles. The van der Waals surface area contributed by atoms with Crippen molar-refractivity contribution in [3.8, 4) is 17.6 Å². The van der Waals surface area contributed by atoms with Crippen LogP contribution in [-0.2, 0) is 0 Å². The molecule has 0 aliphatic rings. The number of aromatic amines is 1. The Kier molecular flexibility index (Phi) is 3.05. The Morgan fingerprint density at radius 3 is 2.65 bits per heavy atom. The van der Waals surface area contributed by atoms with Gasteiger partial charge in [0.1, 0.15) is 17.3 Å². The van der Waals surface area contributed by atoms with E-state index >= 15 is 0 Å². The molecule has 1 aromatic carbocycles. The smallest absolute Gasteiger partial charge is 0.197 e. The van der Waals surface area contributed by atoms with Gasteiger partial charge in [-0.25, -0.2) is 15.0 Å². The van der Waals surface area contributed by atoms with Crippen LogP contribution >= 0.6 is 0 Å². The van der Waals surface area contributed by atoms with Crippen molar-refractivity contribution in [1.29, 1.82) is 0 Å². The van der Waals surface area contributed by atoms with Crippen molar-refractivity contribution in [2.24, 2.45) is 0 Å². The molecule has 0 unspecified atom stereocenters. The highest BCUT2D eigenvalue weighted by atomic mass is 16.5. The number of hydrogen-bond donors (Lipinski definition) is 1. The van der Waals surface area contributed by atoms with Gasteiger partial charge in [-0.3, -0.25) is 0 Å². The summed E-state index contributed by atoms with van der Waals surface area (Å²) < 4.78 is 5.10. The zero-order valence-corrected chi connectivity index (χ0v) is 11.1. The number of aromatic nitrogens is 4. The lowest BCUT2D eigenvalue weighted by molar-refractivity contribution is 0.415. The number of methoxy groups -OCH3 is 1. The maximum absolute atomic E-state index is 5.10. The van der Waals surface area contributed by atoms with Gasteiger partial charge in [-0.2, -0.15) is 0 Å². The van der Waals surface area contributed by atoms with Crippen molar-refractivity contribution in [2.75, 3.05) is 7.11 Å². The quantitative estimate of drug-likeness (QED) is 0.683. The molecule has 0 amide bonds. The fourth-order valence-electron chi connectivity index (χ4n) is 1.78. The minimum atomic E-state index is 0.608. The van der Waals surface area contributed by atoms with Crippen molar-refractivity contribution in [3.05, 3.63) is 47.5 Å². The van der Waals surface area contributed by atoms with Crippen molar-refractivity contribution in [3.63, 3.8) is 0 Å². The number of nitrogens with one attached hydrogen (secondary N) is 1. The second kappa shape index (κ2) is 5.02. The molecule has 0 saturated heterocycles. The number of imidazole rings is 1. The molecular weight excluding hydrogens is 252 g/mol. The van der Waals surface area contributed by atoms with Crippen LogP contribution in [0.5, 0.6) is 5.75 Å². The Bertz CT molecular complexity index is 809. The number of aryl methyl sites for hydroxylation is 1. The predicted molar refractivity (Wildman–Crippen MR) is 75.4 cm³/mol. The van der Waals surface area contributed by atoms with Gasteiger partial charge in [0, 0.05) is 5.56 Å². The molecule has 0 bridgehead atoms. The van der Waals surface area contributed by atoms with Crippen LogP contribution in [0, 0.1) is 18.8 Å². The average Bonchev–Trinajstić information content (AvgIpc) is 2.85. The van der Waals surface area contributed by atoms with Gasteiger partial charge in [0.05, 0.1) is 13.3 Å². The van der Waals surface area contributed by atoms with Crippen LogP contribution < -0.4 is 4.74 Å². The Morgan fingerprint density at radius 2 is 1.90 bits per heavy atom. The van der Waals surface area contributed by atoms with Crippen molar-refractivity contribution >= 4 is 11.3 Å². The summed E-state index contributed by atoms with van der Waals surface area (Å²) in [7, 11) is 1.64. The SMILES string of the molecule is COc1ccc(C#Cc2cnc3nc(C)[nH]c3n2)cc1. The lowest BCUT2D eigenvalue weighted by atomic mass is 10.2. The average molecular weight is 264 g/mol. The van der Waals surface area contributed by atoms with Gasteiger partial charge in [0.15, 0.2) is 11.3 Å². The van der Waals surface area contributed by atoms with Gasteiger partial charge in [-0.15, -0.1) is 0 Å². The van der Waals surface area contributed by atoms with Crippen molar-refractivity contribution in [2.45, 2.75) is 6.92 Å². The third kappa shape index (κ3) is 2.45. The van der Waals surface area contributed by atoms with Gasteiger partial charge in [0.2, 0.25) is 0 Å². The fraction of sp³-hybridized carbons (Fsp3) is 0.133. The minimum Gasteiger partial charge on any atom is -0.497 e. The van der Waals surface area contributed by atoms with Crippen LogP contribution in [0.25, 0.3) is 11.3 Å². The number of benzene rings is 1. The van der Waals surface area contributed by atoms with E-state index in [1.807, 2.05) is 31.2 Å². The molecule has 20 heavy (non-hydrogen) atoms. The van der Waals surface area contributed by atoms with E-state index in [4.69, 9.17) is 4.74 Å². The van der Waals surface area contributed by atoms with Gasteiger partial charge >= 0.3 is 0 Å². The van der Waals surface area contributed by atoms with E-state index in [2.05, 4.69) is 31.8 Å². The normalized spacial score (nSPS) is 10.1. The number of ether oxygens (including phenoxy) is 1. The van der Waals surface area contributed by atoms with E-state index in [9.17, 15) is 0 Å². The number of hydrogen-bond acceptors (Lipinski definition) is 4. The van der Waals surface area contributed by atoms with E-state index < -0.39 is 0 Å². The van der Waals surface area contributed by atoms with E-state index in [1.54, 1.807) is 13.3 Å². The molecule has 0 spiro atoms. The van der Waals surface area contributed by atoms with Crippen LogP contribution in [0.15, 0.2) is 30.5 Å². The van der Waals surface area contributed by atoms with Crippen LogP contribution in [0.3, 0.4) is 0 Å². The van der Waals surface area contributed by atoms with E-state index in [0.29, 0.717) is 17.0 Å². The number of fused-ring (bicyclic) bond motifs is 1. The molecule has 0 atom stereocenters. The minimum absolute atomic E-state index is 0.608. The Labute approximate surface area is 116 Å². The molecule has 2 aromatic heterocycles. The number of nitrogens with zero attached hydrogens (tertiary/aromatic N) is 3. The summed E-state index contributed by atoms with van der Waals surface area (Å²) in [5.74, 6) is 7.63. The van der Waals surface area contributed by atoms with Gasteiger partial charge in [-0.1, -0.05) is 5.92 Å². The summed E-state index contributed by atoms with van der Waals surface area (Å²) in [6.07, 6.45) is 1.62. The summed E-state index contributed by atoms with van der Waals surface area (Å²) in [5.41, 5.74) is 2.77. The molecular formula is C15H12N4O. The molecule has 1 N–H and O–H groups in total. The Morgan fingerprint density at radius 1 is 1.10 bits per heavy atom. The van der Waals surface area contributed by atoms with Gasteiger partial charge < -0.3 is 9.72 Å². The first-order valence-corrected chi connectivity index (χ1v) is 6.10. The van der Waals surface area contributed by atoms with E-state index in [0.717, 1.165) is 17.1 Å². The Balaban J connectivity index is 1.90. The molecule has 2 heterocycles. The first-order chi connectivity index (χ1) is 9.74. The number of H-pyrrole nitrogens is 1. The van der Waals surface area contributed by atoms with Crippen LogP contribution in [0.4, 0.5) is 0 Å². The largest absolute Gasteiger partial charge is 0.497 e. The van der Waals surface area contributed by atoms with E-state index in [1.165, 1.54) is 0 Å². The van der Waals surface area contributed by atoms with Gasteiger partial charge in [-0.05, 0) is 37.1 Å². The standard InChI is InChI=1S/C15H12N4O/c1-10-17-14-15(18-10)19-12(9-16-14)6-3-11-4-7-13(20-2)8-5-11/h4-5,7-9H,1-2H3,(H,16,17,18,19). The summed E-state index contributed by atoms with van der Waals surface area (Å²) in [6.45, 7) is 1.87. The van der Waals surface area contributed by atoms with Crippen LogP contribution in [-0.4, -0.2) is 27.0 Å². The molecule has 0 fully saturated rings. The monoisotopic (exact) mass is 264 g/mol. The highest BCUT2D eigenvalue weighted by Gasteiger charge is 2.02. The second-order valence-electron chi connectivity index (χ2n) is 4.23. The lowest BCUT2D eigenvalue weighted by Gasteiger charge is -1.97. The highest BCUT2D eigenvalue weighted by molar-refractivity contribution is 5.65. The maximum atomic E-state index is 5.10. The van der Waals surface area contributed by atoms with Crippen molar-refractivity contribution < 1.29 is 4.74 Å². The molecule has 0 radical (unpaired) electrons. The maximum Gasteiger partial charge on any atom is 0.197 e. The first-order valence-electron chi connectivity index (χ1n) is 6.10. The summed E-state index contributed by atoms with van der Waals surface area (Å²) in [4.78, 5) is 15.8. The predicted octanol–water partition coefficient (Wildman–Crippen LogP) is 2.07. The number of rotatable bonds is 1. The summed E-state index contributed by atoms with van der Waals surface area (Å²) in [6, 6.07) is 7.55. The third-order valence-corrected chi connectivity index (χ3v) is 2.75. The summed E-state index contributed by atoms with van der Waals surface area (Å²) in [5, 5.41) is 0. The Hall–Kier alpha value is -2.87. The molecule has 5 nitrogen and oxygen atoms in total. The van der Waals surface area contributed by atoms with Crippen LogP contribution in [0.1, 0.15) is 17.1 Å². The van der Waals surface area contributed by atoms with Crippen molar-refractivity contribution in [1.82, 2.24) is 19.9 Å². The second-order valence-corrected chi connectivity index (χ2v) is 4.23. The zero-order valence-electron chi connectivity index (χ0n) is 11.1. The van der Waals surface area contributed by atoms with Gasteiger partial charge in [0.25, 0.3) is 0 Å². The topological polar surface area (TPSA) is 63.7 Å². The molecule has 3 aromatic rings. The van der Waals surface area contributed by atoms with Crippen LogP contribution in [0.2, 0.25) is 0 Å². The molecule has 98 valence electrons. The summed E-state index contributed by atoms with van der Waals surface area (Å²) >= 11 is 0. The highest BCUT2D eigenvalue weighted by Crippen LogP contribution is 2.10. The lowest BCUT2D eigenvalue weighted by Crippen LogP contribution is -1.87. The molecule has 5 heteroatoms. The first kappa shape index (κ1) is 12.2. The molecule has 3 rings (SSSR count).